The van der Waals surface area contributed by atoms with Crippen LogP contribution in [-0.4, -0.2) is 54.0 Å². The Hall–Kier alpha value is -1.95. The van der Waals surface area contributed by atoms with E-state index in [4.69, 9.17) is 4.74 Å². The maximum Gasteiger partial charge on any atom is 0.270 e. The van der Waals surface area contributed by atoms with Crippen LogP contribution in [0.15, 0.2) is 18.3 Å². The molecule has 130 valence electrons. The summed E-state index contributed by atoms with van der Waals surface area (Å²) in [7, 11) is 0. The van der Waals surface area contributed by atoms with Crippen molar-refractivity contribution in [1.29, 1.82) is 0 Å². The number of aryl methyl sites for hydroxylation is 1. The van der Waals surface area contributed by atoms with Gasteiger partial charge in [-0.05, 0) is 44.2 Å². The second-order valence-electron chi connectivity index (χ2n) is 6.57. The van der Waals surface area contributed by atoms with Crippen molar-refractivity contribution in [2.75, 3.05) is 26.3 Å². The van der Waals surface area contributed by atoms with Crippen molar-refractivity contribution in [2.24, 2.45) is 5.92 Å². The molecule has 0 atom stereocenters. The first-order chi connectivity index (χ1) is 11.7. The zero-order valence-electron chi connectivity index (χ0n) is 14.2. The van der Waals surface area contributed by atoms with E-state index in [0.717, 1.165) is 31.2 Å². The maximum absolute atomic E-state index is 12.6. The molecule has 2 aliphatic rings. The molecule has 24 heavy (non-hydrogen) atoms. The summed E-state index contributed by atoms with van der Waals surface area (Å²) in [6, 6.07) is 3.92. The molecular weight excluding hydrogens is 306 g/mol. The van der Waals surface area contributed by atoms with Crippen LogP contribution in [0.3, 0.4) is 0 Å². The van der Waals surface area contributed by atoms with Gasteiger partial charge in [0.15, 0.2) is 0 Å². The normalized spacial score (nSPS) is 18.2. The first kappa shape index (κ1) is 16.9. The van der Waals surface area contributed by atoms with E-state index in [0.29, 0.717) is 32.0 Å². The third-order valence-electron chi connectivity index (χ3n) is 4.70. The van der Waals surface area contributed by atoms with Crippen LogP contribution in [0.25, 0.3) is 0 Å². The molecule has 0 aromatic carbocycles. The van der Waals surface area contributed by atoms with Crippen LogP contribution in [0.1, 0.15) is 41.7 Å². The quantitative estimate of drug-likeness (QED) is 0.858. The number of amides is 2. The largest absolute Gasteiger partial charge is 0.381 e. The van der Waals surface area contributed by atoms with Crippen molar-refractivity contribution in [2.45, 2.75) is 38.6 Å². The van der Waals surface area contributed by atoms with Gasteiger partial charge >= 0.3 is 0 Å². The highest BCUT2D eigenvalue weighted by Crippen LogP contribution is 2.32. The summed E-state index contributed by atoms with van der Waals surface area (Å²) < 4.78 is 5.40. The molecule has 6 heteroatoms. The first-order valence-electron chi connectivity index (χ1n) is 8.75. The molecule has 3 rings (SSSR count). The summed E-state index contributed by atoms with van der Waals surface area (Å²) in [6.45, 7) is 4.28. The van der Waals surface area contributed by atoms with Gasteiger partial charge in [-0.1, -0.05) is 6.07 Å². The van der Waals surface area contributed by atoms with E-state index in [9.17, 15) is 9.59 Å². The van der Waals surface area contributed by atoms with E-state index in [1.165, 1.54) is 0 Å². The van der Waals surface area contributed by atoms with E-state index >= 15 is 0 Å². The van der Waals surface area contributed by atoms with Gasteiger partial charge in [-0.2, -0.15) is 0 Å². The topological polar surface area (TPSA) is 71.5 Å². The van der Waals surface area contributed by atoms with Crippen molar-refractivity contribution in [3.05, 3.63) is 29.6 Å². The van der Waals surface area contributed by atoms with Gasteiger partial charge in [0.25, 0.3) is 5.91 Å². The van der Waals surface area contributed by atoms with Gasteiger partial charge in [0.05, 0.1) is 0 Å². The minimum absolute atomic E-state index is 0.182. The van der Waals surface area contributed by atoms with E-state index in [-0.39, 0.29) is 23.8 Å². The lowest BCUT2D eigenvalue weighted by molar-refractivity contribution is -0.136. The Balaban J connectivity index is 1.56. The molecule has 2 amide bonds. The number of aromatic nitrogens is 1. The molecule has 1 aromatic heterocycles. The van der Waals surface area contributed by atoms with Crippen LogP contribution >= 0.6 is 0 Å². The highest BCUT2D eigenvalue weighted by Gasteiger charge is 2.36. The number of pyridine rings is 1. The summed E-state index contributed by atoms with van der Waals surface area (Å²) in [5, 5.41) is 2.90. The molecule has 2 fully saturated rings. The van der Waals surface area contributed by atoms with Gasteiger partial charge < -0.3 is 15.0 Å². The fraction of sp³-hybridized carbons (Fsp3) is 0.611. The zero-order valence-corrected chi connectivity index (χ0v) is 14.2. The molecule has 0 bridgehead atoms. The minimum atomic E-state index is -0.182. The molecule has 0 unspecified atom stereocenters. The molecule has 1 N–H and O–H groups in total. The van der Waals surface area contributed by atoms with E-state index in [1.807, 2.05) is 24.0 Å². The maximum atomic E-state index is 12.6. The van der Waals surface area contributed by atoms with E-state index in [2.05, 4.69) is 10.3 Å². The predicted molar refractivity (Wildman–Crippen MR) is 89.6 cm³/mol. The molecule has 1 aliphatic heterocycles. The Morgan fingerprint density at radius 1 is 1.29 bits per heavy atom. The Bertz CT molecular complexity index is 595. The molecule has 1 saturated heterocycles. The molecular formula is C18H25N3O3. The highest BCUT2D eigenvalue weighted by molar-refractivity contribution is 5.93. The van der Waals surface area contributed by atoms with Crippen molar-refractivity contribution in [3.8, 4) is 0 Å². The third-order valence-corrected chi connectivity index (χ3v) is 4.70. The molecule has 0 radical (unpaired) electrons. The summed E-state index contributed by atoms with van der Waals surface area (Å²) in [5.74, 6) is 0.255. The number of carbonyl (C=O) groups excluding carboxylic acids is 2. The lowest BCUT2D eigenvalue weighted by atomic mass is 10.1. The summed E-state index contributed by atoms with van der Waals surface area (Å²) in [5.41, 5.74) is 1.30. The van der Waals surface area contributed by atoms with Crippen LogP contribution in [0, 0.1) is 12.8 Å². The van der Waals surface area contributed by atoms with Gasteiger partial charge in [-0.3, -0.25) is 14.6 Å². The second-order valence-corrected chi connectivity index (χ2v) is 6.57. The Kier molecular flexibility index (Phi) is 5.45. The lowest BCUT2D eigenvalue weighted by Crippen LogP contribution is -2.47. The van der Waals surface area contributed by atoms with Gasteiger partial charge in [0, 0.05) is 44.5 Å². The summed E-state index contributed by atoms with van der Waals surface area (Å²) in [4.78, 5) is 30.9. The second kappa shape index (κ2) is 7.75. The SMILES string of the molecule is Cc1cccnc1C(=O)NCCN(C(=O)C1CC1)C1CCOCC1. The van der Waals surface area contributed by atoms with Crippen molar-refractivity contribution in [1.82, 2.24) is 15.2 Å². The van der Waals surface area contributed by atoms with Crippen LogP contribution in [0.5, 0.6) is 0 Å². The monoisotopic (exact) mass is 331 g/mol. The number of hydrogen-bond donors (Lipinski definition) is 1. The van der Waals surface area contributed by atoms with E-state index < -0.39 is 0 Å². The molecule has 1 aromatic rings. The van der Waals surface area contributed by atoms with Gasteiger partial charge in [-0.15, -0.1) is 0 Å². The Labute approximate surface area is 142 Å². The average molecular weight is 331 g/mol. The Morgan fingerprint density at radius 3 is 2.71 bits per heavy atom. The summed E-state index contributed by atoms with van der Waals surface area (Å²) in [6.07, 6.45) is 5.38. The number of nitrogens with one attached hydrogen (secondary N) is 1. The standard InChI is InChI=1S/C18H25N3O3/c1-13-3-2-8-19-16(13)17(22)20-9-10-21(18(23)14-4-5-14)15-6-11-24-12-7-15/h2-3,8,14-15H,4-7,9-12H2,1H3,(H,20,22). The van der Waals surface area contributed by atoms with Crippen LogP contribution < -0.4 is 5.32 Å². The predicted octanol–water partition coefficient (Wildman–Crippen LogP) is 1.54. The third kappa shape index (κ3) is 4.12. The number of rotatable bonds is 6. The molecule has 2 heterocycles. The minimum Gasteiger partial charge on any atom is -0.381 e. The number of nitrogens with zero attached hydrogens (tertiary/aromatic N) is 2. The fourth-order valence-electron chi connectivity index (χ4n) is 3.13. The fourth-order valence-corrected chi connectivity index (χ4v) is 3.13. The summed E-state index contributed by atoms with van der Waals surface area (Å²) >= 11 is 0. The average Bonchev–Trinajstić information content (AvgIpc) is 3.44. The lowest BCUT2D eigenvalue weighted by Gasteiger charge is -2.34. The van der Waals surface area contributed by atoms with Crippen LogP contribution in [0.4, 0.5) is 0 Å². The smallest absolute Gasteiger partial charge is 0.270 e. The molecule has 1 saturated carbocycles. The number of carbonyl (C=O) groups is 2. The van der Waals surface area contributed by atoms with Crippen molar-refractivity contribution >= 4 is 11.8 Å². The van der Waals surface area contributed by atoms with Crippen molar-refractivity contribution < 1.29 is 14.3 Å². The Morgan fingerprint density at radius 2 is 2.04 bits per heavy atom. The first-order valence-corrected chi connectivity index (χ1v) is 8.75. The zero-order chi connectivity index (χ0) is 16.9. The molecule has 6 nitrogen and oxygen atoms in total. The van der Waals surface area contributed by atoms with Crippen molar-refractivity contribution in [3.63, 3.8) is 0 Å². The molecule has 1 aliphatic carbocycles. The van der Waals surface area contributed by atoms with Crippen LogP contribution in [0.2, 0.25) is 0 Å². The van der Waals surface area contributed by atoms with Crippen LogP contribution in [-0.2, 0) is 9.53 Å². The highest BCUT2D eigenvalue weighted by atomic mass is 16.5. The number of hydrogen-bond acceptors (Lipinski definition) is 4. The van der Waals surface area contributed by atoms with Gasteiger partial charge in [0.2, 0.25) is 5.91 Å². The van der Waals surface area contributed by atoms with Gasteiger partial charge in [-0.25, -0.2) is 0 Å². The number of ether oxygens (including phenoxy) is 1. The molecule has 0 spiro atoms. The van der Waals surface area contributed by atoms with E-state index in [1.54, 1.807) is 6.20 Å². The van der Waals surface area contributed by atoms with Gasteiger partial charge in [0.1, 0.15) is 5.69 Å².